The van der Waals surface area contributed by atoms with Crippen LogP contribution in [0.15, 0.2) is 54.6 Å². The molecule has 1 radical (unpaired) electrons. The van der Waals surface area contributed by atoms with Gasteiger partial charge in [0.05, 0.1) is 7.11 Å². The van der Waals surface area contributed by atoms with Crippen LogP contribution in [-0.4, -0.2) is 9.04 Å². The average Bonchev–Trinajstić information content (AvgIpc) is 2.40. The smallest absolute Gasteiger partial charge is 0.240 e. The molecule has 1 unspecified atom stereocenters. The molecule has 0 N–H and O–H groups in total. The lowest BCUT2D eigenvalue weighted by atomic mass is 9.87. The van der Waals surface area contributed by atoms with Crippen molar-refractivity contribution in [3.05, 3.63) is 67.3 Å². The number of rotatable bonds is 3. The molecule has 0 aromatic heterocycles. The van der Waals surface area contributed by atoms with Crippen LogP contribution in [0.2, 0.25) is 0 Å². The summed E-state index contributed by atoms with van der Waals surface area (Å²) in [6.07, 6.45) is 0. The first-order chi connectivity index (χ1) is 9.04. The van der Waals surface area contributed by atoms with Gasteiger partial charge in [0.25, 0.3) is 0 Å². The van der Waals surface area contributed by atoms with Crippen LogP contribution in [0, 0.1) is 7.11 Å². The van der Waals surface area contributed by atoms with Crippen molar-refractivity contribution in [3.63, 3.8) is 0 Å². The molecule has 99 valence electrons. The molecule has 0 heterocycles. The Bertz CT molecular complexity index is 528. The number of benzene rings is 2. The Morgan fingerprint density at radius 3 is 2.05 bits per heavy atom. The van der Waals surface area contributed by atoms with E-state index in [1.54, 1.807) is 0 Å². The number of hydrogen-bond donors (Lipinski definition) is 0. The Morgan fingerprint density at radius 1 is 0.895 bits per heavy atom. The summed E-state index contributed by atoms with van der Waals surface area (Å²) >= 11 is 0. The van der Waals surface area contributed by atoms with Crippen LogP contribution in [0.4, 0.5) is 0 Å². The van der Waals surface area contributed by atoms with Gasteiger partial charge in [0, 0.05) is 0 Å². The zero-order chi connectivity index (χ0) is 13.9. The molecule has 0 bridgehead atoms. The molecule has 0 fully saturated rings. The molecule has 0 aliphatic carbocycles. The van der Waals surface area contributed by atoms with Crippen molar-refractivity contribution in [2.75, 3.05) is 0 Å². The lowest BCUT2D eigenvalue weighted by molar-refractivity contribution is 0.500. The van der Waals surface area contributed by atoms with Crippen LogP contribution >= 0.6 is 0 Å². The molecule has 0 saturated carbocycles. The van der Waals surface area contributed by atoms with Crippen molar-refractivity contribution in [1.29, 1.82) is 0 Å². The summed E-state index contributed by atoms with van der Waals surface area (Å²) in [7, 11) is 2.04. The molecule has 2 aromatic carbocycles. The Labute approximate surface area is 118 Å². The summed E-state index contributed by atoms with van der Waals surface area (Å²) in [5, 5.41) is 2.60. The minimum absolute atomic E-state index is 0.120. The van der Waals surface area contributed by atoms with Crippen LogP contribution in [0.5, 0.6) is 0 Å². The van der Waals surface area contributed by atoms with E-state index in [0.29, 0.717) is 0 Å². The SMILES string of the molecule is [CH2]O[SiH](c1ccccc1)c1ccccc1C(C)(C)C. The van der Waals surface area contributed by atoms with E-state index in [1.165, 1.54) is 15.9 Å². The third kappa shape index (κ3) is 3.14. The minimum Gasteiger partial charge on any atom is -0.409 e. The maximum absolute atomic E-state index is 5.65. The van der Waals surface area contributed by atoms with Crippen molar-refractivity contribution in [3.8, 4) is 0 Å². The van der Waals surface area contributed by atoms with E-state index in [4.69, 9.17) is 4.43 Å². The molecular formula is C17H21OSi. The van der Waals surface area contributed by atoms with Crippen LogP contribution in [0.25, 0.3) is 0 Å². The van der Waals surface area contributed by atoms with Crippen LogP contribution in [0.1, 0.15) is 26.3 Å². The van der Waals surface area contributed by atoms with Gasteiger partial charge in [-0.25, -0.2) is 0 Å². The van der Waals surface area contributed by atoms with Gasteiger partial charge in [-0.2, -0.15) is 0 Å². The van der Waals surface area contributed by atoms with E-state index >= 15 is 0 Å². The molecule has 0 aliphatic rings. The topological polar surface area (TPSA) is 9.23 Å². The maximum Gasteiger partial charge on any atom is 0.240 e. The number of hydrogen-bond acceptors (Lipinski definition) is 1. The lowest BCUT2D eigenvalue weighted by Crippen LogP contribution is -2.47. The fraction of sp³-hybridized carbons (Fsp3) is 0.235. The predicted molar refractivity (Wildman–Crippen MR) is 84.4 cm³/mol. The molecule has 0 amide bonds. The molecule has 2 aromatic rings. The van der Waals surface area contributed by atoms with Gasteiger partial charge in [-0.15, -0.1) is 0 Å². The molecule has 2 heteroatoms. The van der Waals surface area contributed by atoms with Gasteiger partial charge < -0.3 is 4.43 Å². The average molecular weight is 269 g/mol. The van der Waals surface area contributed by atoms with Crippen LogP contribution in [-0.2, 0) is 9.84 Å². The standard InChI is InChI=1S/C17H21OSi/c1-17(2,3)15-12-8-9-13-16(15)19(18-4)14-10-6-5-7-11-14/h5-13,19H,4H2,1-3H3. The normalized spacial score (nSPS) is 13.3. The summed E-state index contributed by atoms with van der Waals surface area (Å²) < 4.78 is 5.65. The summed E-state index contributed by atoms with van der Waals surface area (Å²) in [6.45, 7) is 6.72. The van der Waals surface area contributed by atoms with Gasteiger partial charge in [0.15, 0.2) is 0 Å². The van der Waals surface area contributed by atoms with Gasteiger partial charge in [0.1, 0.15) is 0 Å². The second kappa shape index (κ2) is 5.72. The van der Waals surface area contributed by atoms with Crippen molar-refractivity contribution in [2.45, 2.75) is 26.2 Å². The van der Waals surface area contributed by atoms with E-state index in [2.05, 4.69) is 76.4 Å². The first-order valence-electron chi connectivity index (χ1n) is 6.59. The Morgan fingerprint density at radius 2 is 1.47 bits per heavy atom. The maximum atomic E-state index is 5.65. The van der Waals surface area contributed by atoms with Crippen LogP contribution in [0.3, 0.4) is 0 Å². The highest BCUT2D eigenvalue weighted by Crippen LogP contribution is 2.20. The monoisotopic (exact) mass is 269 g/mol. The Balaban J connectivity index is 2.51. The van der Waals surface area contributed by atoms with Crippen molar-refractivity contribution < 1.29 is 4.43 Å². The third-order valence-corrected chi connectivity index (χ3v) is 5.71. The van der Waals surface area contributed by atoms with E-state index in [9.17, 15) is 0 Å². The fourth-order valence-corrected chi connectivity index (χ4v) is 4.80. The minimum atomic E-state index is -1.68. The molecular weight excluding hydrogens is 248 g/mol. The first kappa shape index (κ1) is 14.0. The van der Waals surface area contributed by atoms with E-state index in [0.717, 1.165) is 0 Å². The quantitative estimate of drug-likeness (QED) is 0.778. The largest absolute Gasteiger partial charge is 0.409 e. The molecule has 2 rings (SSSR count). The highest BCUT2D eigenvalue weighted by Gasteiger charge is 2.24. The van der Waals surface area contributed by atoms with Gasteiger partial charge in [-0.1, -0.05) is 75.4 Å². The molecule has 0 spiro atoms. The highest BCUT2D eigenvalue weighted by atomic mass is 28.3. The summed E-state index contributed by atoms with van der Waals surface area (Å²) in [6, 6.07) is 19.0. The molecule has 1 nitrogen and oxygen atoms in total. The summed E-state index contributed by atoms with van der Waals surface area (Å²) in [4.78, 5) is 0. The summed E-state index contributed by atoms with van der Waals surface area (Å²) in [5.74, 6) is 0. The van der Waals surface area contributed by atoms with Crippen LogP contribution < -0.4 is 10.4 Å². The van der Waals surface area contributed by atoms with Crippen molar-refractivity contribution >= 4 is 19.4 Å². The Hall–Kier alpha value is -1.38. The van der Waals surface area contributed by atoms with Gasteiger partial charge in [-0.05, 0) is 21.4 Å². The molecule has 1 atom stereocenters. The zero-order valence-electron chi connectivity index (χ0n) is 11.9. The predicted octanol–water partition coefficient (Wildman–Crippen LogP) is 2.63. The van der Waals surface area contributed by atoms with Gasteiger partial charge >= 0.3 is 0 Å². The van der Waals surface area contributed by atoms with E-state index < -0.39 is 9.04 Å². The first-order valence-corrected chi connectivity index (χ1v) is 8.22. The third-order valence-electron chi connectivity index (χ3n) is 3.32. The second-order valence-electron chi connectivity index (χ2n) is 5.79. The lowest BCUT2D eigenvalue weighted by Gasteiger charge is -2.26. The molecule has 0 saturated heterocycles. The van der Waals surface area contributed by atoms with E-state index in [-0.39, 0.29) is 5.41 Å². The van der Waals surface area contributed by atoms with Crippen molar-refractivity contribution in [2.24, 2.45) is 0 Å². The highest BCUT2D eigenvalue weighted by molar-refractivity contribution is 6.80. The fourth-order valence-electron chi connectivity index (χ4n) is 2.40. The zero-order valence-corrected chi connectivity index (χ0v) is 13.0. The Kier molecular flexibility index (Phi) is 4.23. The van der Waals surface area contributed by atoms with Gasteiger partial charge in [0.2, 0.25) is 9.04 Å². The summed E-state index contributed by atoms with van der Waals surface area (Å²) in [5.41, 5.74) is 1.48. The van der Waals surface area contributed by atoms with Crippen molar-refractivity contribution in [1.82, 2.24) is 0 Å². The van der Waals surface area contributed by atoms with E-state index in [1.807, 2.05) is 6.07 Å². The molecule has 19 heavy (non-hydrogen) atoms. The second-order valence-corrected chi connectivity index (χ2v) is 8.18. The van der Waals surface area contributed by atoms with Gasteiger partial charge in [-0.3, -0.25) is 0 Å². The molecule has 0 aliphatic heterocycles.